The Bertz CT molecular complexity index is 163. The van der Waals surface area contributed by atoms with E-state index in [0.29, 0.717) is 0 Å². The van der Waals surface area contributed by atoms with Gasteiger partial charge in [0.15, 0.2) is 0 Å². The molecular weight excluding hydrogens is 345 g/mol. The fourth-order valence-corrected chi connectivity index (χ4v) is 2.43. The van der Waals surface area contributed by atoms with Crippen molar-refractivity contribution in [3.63, 3.8) is 0 Å². The molecule has 0 radical (unpaired) electrons. The van der Waals surface area contributed by atoms with E-state index in [2.05, 4.69) is 28.1 Å². The van der Waals surface area contributed by atoms with Crippen LogP contribution in [0.5, 0.6) is 0 Å². The van der Waals surface area contributed by atoms with Crippen molar-refractivity contribution in [2.24, 2.45) is 0 Å². The molecule has 0 aromatic rings. The van der Waals surface area contributed by atoms with Crippen LogP contribution >= 0.6 is 0 Å². The van der Waals surface area contributed by atoms with Crippen LogP contribution in [0.15, 0.2) is 0 Å². The monoisotopic (exact) mass is 385 g/mol. The minimum Gasteiger partial charge on any atom is -0.331 e. The van der Waals surface area contributed by atoms with Crippen molar-refractivity contribution in [2.75, 3.05) is 27.7 Å². The van der Waals surface area contributed by atoms with Gasteiger partial charge in [0.1, 0.15) is 0 Å². The Labute approximate surface area is 140 Å². The number of nitrogens with zero attached hydrogens (tertiary/aromatic N) is 1. The van der Waals surface area contributed by atoms with Crippen LogP contribution in [0, 0.1) is 0 Å². The third-order valence-electron chi connectivity index (χ3n) is 3.68. The van der Waals surface area contributed by atoms with Gasteiger partial charge in [-0.15, -0.1) is 0 Å². The predicted molar refractivity (Wildman–Crippen MR) is 86.8 cm³/mol. The van der Waals surface area contributed by atoms with Crippen molar-refractivity contribution in [3.8, 4) is 0 Å². The number of halogens is 1. The number of unbranched alkanes of at least 4 members (excludes halogenated alkanes) is 11. The van der Waals surface area contributed by atoms with Gasteiger partial charge in [-0.05, 0) is 12.8 Å². The molecule has 0 bridgehead atoms. The van der Waals surface area contributed by atoms with E-state index in [1.54, 1.807) is 0 Å². The lowest BCUT2D eigenvalue weighted by atomic mass is 10.1. The van der Waals surface area contributed by atoms with Crippen molar-refractivity contribution < 1.29 is 28.5 Å². The molecule has 0 amide bonds. The van der Waals surface area contributed by atoms with Crippen molar-refractivity contribution in [3.05, 3.63) is 0 Å². The highest BCUT2D eigenvalue weighted by molar-refractivity contribution is 4.48. The van der Waals surface area contributed by atoms with Crippen LogP contribution in [0.2, 0.25) is 0 Å². The number of hydrogen-bond acceptors (Lipinski definition) is 0. The van der Waals surface area contributed by atoms with Gasteiger partial charge in [0.05, 0.1) is 27.7 Å². The van der Waals surface area contributed by atoms with Gasteiger partial charge < -0.3 is 4.48 Å². The molecule has 0 rings (SSSR count). The summed E-state index contributed by atoms with van der Waals surface area (Å²) in [6, 6.07) is 0. The van der Waals surface area contributed by atoms with E-state index < -0.39 is 0 Å². The summed E-state index contributed by atoms with van der Waals surface area (Å²) < 4.78 is 1.12. The maximum Gasteiger partial charge on any atom is 0.235 e. The van der Waals surface area contributed by atoms with Crippen molar-refractivity contribution in [1.29, 1.82) is 0 Å². The first-order valence-electron chi connectivity index (χ1n) is 8.36. The molecule has 0 saturated heterocycles. The molecule has 0 aromatic carbocycles. The zero-order valence-electron chi connectivity index (χ0n) is 14.1. The molecule has 0 aliphatic carbocycles. The van der Waals surface area contributed by atoms with Gasteiger partial charge in [-0.25, -0.2) is 0 Å². The first-order valence-corrected chi connectivity index (χ1v) is 8.36. The molecule has 0 aliphatic heterocycles. The van der Waals surface area contributed by atoms with Crippen LogP contribution in [0.3, 0.4) is 0 Å². The minimum atomic E-state index is 0. The Kier molecular flexibility index (Phi) is 17.5. The molecule has 0 atom stereocenters. The fraction of sp³-hybridized carbons (Fsp3) is 1.00. The topological polar surface area (TPSA) is 0 Å². The molecule has 0 heterocycles. The molecule has 0 aliphatic rings. The molecule has 0 spiro atoms. The number of rotatable bonds is 13. The lowest BCUT2D eigenvalue weighted by molar-refractivity contribution is -0.870. The standard InChI is InChI=1S/C17H38N.H2I/c1-5-6-7-8-9-10-11-12-13-14-15-16-17-18(2,3)4;/h5-17H2,1-4H3;1H2/q2*+1. The Balaban J connectivity index is 0. The van der Waals surface area contributed by atoms with Crippen LogP contribution in [-0.4, -0.2) is 32.2 Å². The highest BCUT2D eigenvalue weighted by atomic mass is 127. The van der Waals surface area contributed by atoms with E-state index in [-0.39, 0.29) is 24.0 Å². The second-order valence-corrected chi connectivity index (χ2v) is 6.90. The van der Waals surface area contributed by atoms with E-state index in [0.717, 1.165) is 4.48 Å². The lowest BCUT2D eigenvalue weighted by Gasteiger charge is -2.23. The Morgan fingerprint density at radius 2 is 0.842 bits per heavy atom. The van der Waals surface area contributed by atoms with Gasteiger partial charge in [0.25, 0.3) is 0 Å². The zero-order valence-corrected chi connectivity index (χ0v) is 16.6. The van der Waals surface area contributed by atoms with Crippen molar-refractivity contribution in [2.45, 2.75) is 84.0 Å². The van der Waals surface area contributed by atoms with E-state index in [1.165, 1.54) is 83.6 Å². The van der Waals surface area contributed by atoms with E-state index in [9.17, 15) is 0 Å². The molecule has 0 unspecified atom stereocenters. The zero-order chi connectivity index (χ0) is 13.7. The Morgan fingerprint density at radius 1 is 0.526 bits per heavy atom. The smallest absolute Gasteiger partial charge is 0.235 e. The summed E-state index contributed by atoms with van der Waals surface area (Å²) in [6.45, 7) is 3.62. The largest absolute Gasteiger partial charge is 0.331 e. The summed E-state index contributed by atoms with van der Waals surface area (Å²) in [5.74, 6) is 0. The van der Waals surface area contributed by atoms with Crippen LogP contribution in [0.4, 0.5) is 0 Å². The summed E-state index contributed by atoms with van der Waals surface area (Å²) in [7, 11) is 6.87. The van der Waals surface area contributed by atoms with E-state index in [1.807, 2.05) is 0 Å². The van der Waals surface area contributed by atoms with Gasteiger partial charge in [-0.3, -0.25) is 0 Å². The first-order chi connectivity index (χ1) is 8.56. The Hall–Kier alpha value is 0.690. The highest BCUT2D eigenvalue weighted by Gasteiger charge is 2.04. The summed E-state index contributed by atoms with van der Waals surface area (Å²) in [5.41, 5.74) is 0. The molecule has 19 heavy (non-hydrogen) atoms. The number of quaternary nitrogens is 1. The number of hydrogen-bond donors (Lipinski definition) is 0. The van der Waals surface area contributed by atoms with E-state index >= 15 is 0 Å². The maximum absolute atomic E-state index is 2.29. The second kappa shape index (κ2) is 15.1. The summed E-state index contributed by atoms with van der Waals surface area (Å²) in [4.78, 5) is 0. The van der Waals surface area contributed by atoms with Crippen LogP contribution in [0.25, 0.3) is 0 Å². The Morgan fingerprint density at radius 3 is 1.16 bits per heavy atom. The van der Waals surface area contributed by atoms with Gasteiger partial charge in [-0.1, -0.05) is 71.1 Å². The molecule has 1 nitrogen and oxygen atoms in total. The molecule has 0 N–H and O–H groups in total. The molecule has 0 fully saturated rings. The average molecular weight is 385 g/mol. The highest BCUT2D eigenvalue weighted by Crippen LogP contribution is 2.12. The predicted octanol–water partition coefficient (Wildman–Crippen LogP) is 1.86. The second-order valence-electron chi connectivity index (χ2n) is 6.90. The van der Waals surface area contributed by atoms with Gasteiger partial charge in [0.2, 0.25) is 24.0 Å². The third kappa shape index (κ3) is 21.1. The van der Waals surface area contributed by atoms with Crippen LogP contribution in [0.1, 0.15) is 84.0 Å². The van der Waals surface area contributed by atoms with Crippen LogP contribution < -0.4 is 24.0 Å². The quantitative estimate of drug-likeness (QED) is 0.258. The van der Waals surface area contributed by atoms with E-state index in [4.69, 9.17) is 0 Å². The molecule has 2 heteroatoms. The summed E-state index contributed by atoms with van der Waals surface area (Å²) in [6.07, 6.45) is 17.4. The first kappa shape index (κ1) is 22.0. The third-order valence-corrected chi connectivity index (χ3v) is 3.68. The normalized spacial score (nSPS) is 11.4. The average Bonchev–Trinajstić information content (AvgIpc) is 2.29. The summed E-state index contributed by atoms with van der Waals surface area (Å²) >= 11 is 0. The summed E-state index contributed by atoms with van der Waals surface area (Å²) in [5, 5.41) is 0. The molecule has 0 aromatic heterocycles. The maximum atomic E-state index is 2.29. The van der Waals surface area contributed by atoms with Crippen LogP contribution in [-0.2, 0) is 0 Å². The minimum absolute atomic E-state index is 0. The molecule has 0 saturated carbocycles. The van der Waals surface area contributed by atoms with Gasteiger partial charge in [0, 0.05) is 0 Å². The van der Waals surface area contributed by atoms with Gasteiger partial charge in [-0.2, -0.15) is 0 Å². The SMILES string of the molecule is CCCCCCCCCCCCCC[N+](C)(C)C.[IH2+]. The van der Waals surface area contributed by atoms with Gasteiger partial charge >= 0.3 is 0 Å². The molecular formula is C17H40IN+2. The van der Waals surface area contributed by atoms with Crippen molar-refractivity contribution >= 4 is 0 Å². The fourth-order valence-electron chi connectivity index (χ4n) is 2.43. The lowest BCUT2D eigenvalue weighted by Crippen LogP contribution is -3.00. The van der Waals surface area contributed by atoms with Crippen molar-refractivity contribution in [1.82, 2.24) is 0 Å². The molecule has 118 valence electrons.